The second-order valence-electron chi connectivity index (χ2n) is 8.24. The molecular formula is C27H30N4O7. The molecule has 11 heteroatoms. The highest BCUT2D eigenvalue weighted by atomic mass is 16.5. The number of methoxy groups -OCH3 is 2. The second kappa shape index (κ2) is 13.6. The van der Waals surface area contributed by atoms with E-state index in [0.717, 1.165) is 11.1 Å². The van der Waals surface area contributed by atoms with Crippen molar-refractivity contribution in [1.82, 2.24) is 5.32 Å². The summed E-state index contributed by atoms with van der Waals surface area (Å²) in [6.07, 6.45) is -1.59. The van der Waals surface area contributed by atoms with Gasteiger partial charge in [-0.25, -0.2) is 9.59 Å². The van der Waals surface area contributed by atoms with Crippen LogP contribution in [0.15, 0.2) is 66.7 Å². The molecule has 0 aliphatic heterocycles. The average molecular weight is 523 g/mol. The Morgan fingerprint density at radius 1 is 0.816 bits per heavy atom. The fourth-order valence-electron chi connectivity index (χ4n) is 3.79. The predicted octanol–water partition coefficient (Wildman–Crippen LogP) is 3.77. The quantitative estimate of drug-likeness (QED) is 0.164. The fraction of sp³-hybridized carbons (Fsp3) is 0.222. The number of phenols is 1. The maximum Gasteiger partial charge on any atom is 0.411 e. The summed E-state index contributed by atoms with van der Waals surface area (Å²) in [5.74, 6) is -0.245. The molecule has 0 aromatic heterocycles. The van der Waals surface area contributed by atoms with Crippen LogP contribution in [0.1, 0.15) is 28.7 Å². The third-order valence-electron chi connectivity index (χ3n) is 5.80. The van der Waals surface area contributed by atoms with Crippen LogP contribution in [-0.4, -0.2) is 56.1 Å². The van der Waals surface area contributed by atoms with Gasteiger partial charge in [0.1, 0.15) is 5.75 Å². The number of aromatic hydroxyl groups is 1. The first-order valence-electron chi connectivity index (χ1n) is 11.7. The van der Waals surface area contributed by atoms with Crippen LogP contribution in [0.5, 0.6) is 5.75 Å². The number of anilines is 3. The summed E-state index contributed by atoms with van der Waals surface area (Å²) in [6, 6.07) is 19.1. The molecule has 200 valence electrons. The van der Waals surface area contributed by atoms with E-state index in [4.69, 9.17) is 0 Å². The minimum Gasteiger partial charge on any atom is -0.506 e. The molecule has 0 saturated heterocycles. The summed E-state index contributed by atoms with van der Waals surface area (Å²) in [4.78, 5) is 33.8. The molecule has 0 saturated carbocycles. The summed E-state index contributed by atoms with van der Waals surface area (Å²) >= 11 is 0. The van der Waals surface area contributed by atoms with Gasteiger partial charge in [0.25, 0.3) is 0 Å². The maximum absolute atomic E-state index is 11.5. The molecule has 6 N–H and O–H groups in total. The Morgan fingerprint density at radius 3 is 1.79 bits per heavy atom. The summed E-state index contributed by atoms with van der Waals surface area (Å²) in [5, 5.41) is 31.4. The van der Waals surface area contributed by atoms with E-state index in [1.807, 2.05) is 24.3 Å². The van der Waals surface area contributed by atoms with Crippen molar-refractivity contribution < 1.29 is 34.1 Å². The highest BCUT2D eigenvalue weighted by Crippen LogP contribution is 2.28. The van der Waals surface area contributed by atoms with Gasteiger partial charge in [-0.2, -0.15) is 0 Å². The zero-order valence-corrected chi connectivity index (χ0v) is 20.9. The van der Waals surface area contributed by atoms with Crippen LogP contribution in [-0.2, 0) is 14.3 Å². The maximum atomic E-state index is 11.5. The lowest BCUT2D eigenvalue weighted by atomic mass is 9.90. The van der Waals surface area contributed by atoms with Crippen molar-refractivity contribution in [2.24, 2.45) is 0 Å². The molecule has 3 rings (SSSR count). The number of carbonyl (C=O) groups excluding carboxylic acids is 3. The lowest BCUT2D eigenvalue weighted by Gasteiger charge is -2.21. The van der Waals surface area contributed by atoms with E-state index in [2.05, 4.69) is 30.7 Å². The minimum atomic E-state index is -0.901. The lowest BCUT2D eigenvalue weighted by molar-refractivity contribution is -0.105. The Hall–Kier alpha value is -4.61. The van der Waals surface area contributed by atoms with E-state index < -0.39 is 18.3 Å². The summed E-state index contributed by atoms with van der Waals surface area (Å²) in [6.45, 7) is 0.647. The molecule has 0 heterocycles. The molecular weight excluding hydrogens is 492 g/mol. The zero-order valence-electron chi connectivity index (χ0n) is 20.9. The molecule has 0 spiro atoms. The van der Waals surface area contributed by atoms with Gasteiger partial charge in [0.2, 0.25) is 6.41 Å². The van der Waals surface area contributed by atoms with E-state index in [-0.39, 0.29) is 23.9 Å². The largest absolute Gasteiger partial charge is 0.506 e. The summed E-state index contributed by atoms with van der Waals surface area (Å²) in [7, 11) is 2.58. The van der Waals surface area contributed by atoms with Gasteiger partial charge in [0, 0.05) is 30.4 Å². The average Bonchev–Trinajstić information content (AvgIpc) is 2.93. The number of phenolic OH excluding ortho intramolecular Hbond substituents is 1. The summed E-state index contributed by atoms with van der Waals surface area (Å²) in [5.41, 5.74) is 3.76. The number of nitrogens with one attached hydrogen (secondary N) is 4. The minimum absolute atomic E-state index is 0.101. The van der Waals surface area contributed by atoms with Gasteiger partial charge >= 0.3 is 12.2 Å². The van der Waals surface area contributed by atoms with Crippen LogP contribution in [0.3, 0.4) is 0 Å². The van der Waals surface area contributed by atoms with E-state index in [0.29, 0.717) is 29.9 Å². The van der Waals surface area contributed by atoms with Crippen LogP contribution in [0.4, 0.5) is 26.7 Å². The molecule has 0 unspecified atom stereocenters. The monoisotopic (exact) mass is 522 g/mol. The van der Waals surface area contributed by atoms with Gasteiger partial charge in [-0.05, 0) is 53.1 Å². The highest BCUT2D eigenvalue weighted by Gasteiger charge is 2.17. The van der Waals surface area contributed by atoms with Crippen molar-refractivity contribution in [1.29, 1.82) is 0 Å². The highest BCUT2D eigenvalue weighted by molar-refractivity contribution is 5.85. The third-order valence-corrected chi connectivity index (χ3v) is 5.80. The SMILES string of the molecule is COC(=O)Nc1ccc(C(CNC[C@H](O)c2ccc(O)c(NC=O)c2)c2ccc(NC(=O)OC)cc2)cc1. The number of hydrogen-bond donors (Lipinski definition) is 6. The molecule has 1 atom stereocenters. The molecule has 0 aliphatic carbocycles. The van der Waals surface area contributed by atoms with Gasteiger partial charge in [-0.15, -0.1) is 0 Å². The molecule has 11 nitrogen and oxygen atoms in total. The van der Waals surface area contributed by atoms with Crippen LogP contribution >= 0.6 is 0 Å². The van der Waals surface area contributed by atoms with Crippen LogP contribution in [0.2, 0.25) is 0 Å². The molecule has 3 aromatic carbocycles. The first kappa shape index (κ1) is 28.0. The standard InChI is InChI=1S/C27H30N4O7/c1-37-26(35)30-20-8-3-17(4-9-20)22(18-5-10-21(11-6-18)31-27(36)38-2)14-28-15-25(34)19-7-12-24(33)23(13-19)29-16-32/h3-13,16,22,25,28,33-34H,14-15H2,1-2H3,(H,29,32)(H,30,35)(H,31,36)/t25-/m0/s1. The number of aliphatic hydroxyl groups is 1. The van der Waals surface area contributed by atoms with Gasteiger partial charge in [-0.3, -0.25) is 15.4 Å². The molecule has 38 heavy (non-hydrogen) atoms. The Morgan fingerprint density at radius 2 is 1.32 bits per heavy atom. The topological polar surface area (TPSA) is 158 Å². The molecule has 3 amide bonds. The molecule has 3 aromatic rings. The van der Waals surface area contributed by atoms with Crippen LogP contribution < -0.4 is 21.3 Å². The third kappa shape index (κ3) is 7.69. The van der Waals surface area contributed by atoms with E-state index >= 15 is 0 Å². The number of benzene rings is 3. The number of carbonyl (C=O) groups is 3. The lowest BCUT2D eigenvalue weighted by Crippen LogP contribution is -2.27. The predicted molar refractivity (Wildman–Crippen MR) is 142 cm³/mol. The second-order valence-corrected chi connectivity index (χ2v) is 8.24. The van der Waals surface area contributed by atoms with Crippen molar-refractivity contribution >= 4 is 35.7 Å². The zero-order chi connectivity index (χ0) is 27.5. The van der Waals surface area contributed by atoms with Gasteiger partial charge in [0.15, 0.2) is 0 Å². The Labute approximate surface area is 219 Å². The number of ether oxygens (including phenoxy) is 2. The van der Waals surface area contributed by atoms with Gasteiger partial charge in [0.05, 0.1) is 26.0 Å². The molecule has 0 fully saturated rings. The first-order valence-corrected chi connectivity index (χ1v) is 11.7. The summed E-state index contributed by atoms with van der Waals surface area (Å²) < 4.78 is 9.26. The van der Waals surface area contributed by atoms with Crippen LogP contribution in [0.25, 0.3) is 0 Å². The number of amides is 3. The molecule has 0 aliphatic rings. The smallest absolute Gasteiger partial charge is 0.411 e. The Bertz CT molecular complexity index is 1170. The van der Waals surface area contributed by atoms with E-state index in [9.17, 15) is 24.6 Å². The van der Waals surface area contributed by atoms with Crippen molar-refractivity contribution in [2.45, 2.75) is 12.0 Å². The van der Waals surface area contributed by atoms with E-state index in [1.54, 1.807) is 30.3 Å². The van der Waals surface area contributed by atoms with Gasteiger partial charge in [-0.1, -0.05) is 30.3 Å². The van der Waals surface area contributed by atoms with E-state index in [1.165, 1.54) is 26.4 Å². The normalized spacial score (nSPS) is 11.4. The van der Waals surface area contributed by atoms with Crippen molar-refractivity contribution in [3.05, 3.63) is 83.4 Å². The van der Waals surface area contributed by atoms with Crippen molar-refractivity contribution in [2.75, 3.05) is 43.3 Å². The van der Waals surface area contributed by atoms with Gasteiger partial charge < -0.3 is 30.3 Å². The van der Waals surface area contributed by atoms with Crippen molar-refractivity contribution in [3.8, 4) is 5.75 Å². The fourth-order valence-corrected chi connectivity index (χ4v) is 3.79. The molecule has 0 radical (unpaired) electrons. The number of rotatable bonds is 11. The Kier molecular flexibility index (Phi) is 10.0. The van der Waals surface area contributed by atoms with Crippen LogP contribution in [0, 0.1) is 0 Å². The Balaban J connectivity index is 1.76. The molecule has 0 bridgehead atoms. The van der Waals surface area contributed by atoms with Crippen molar-refractivity contribution in [3.63, 3.8) is 0 Å². The first-order chi connectivity index (χ1) is 18.3. The number of hydrogen-bond acceptors (Lipinski definition) is 8. The number of aliphatic hydroxyl groups excluding tert-OH is 1.